The van der Waals surface area contributed by atoms with Crippen LogP contribution in [0.2, 0.25) is 0 Å². The summed E-state index contributed by atoms with van der Waals surface area (Å²) < 4.78 is 2.12. The van der Waals surface area contributed by atoms with E-state index in [0.29, 0.717) is 17.2 Å². The van der Waals surface area contributed by atoms with Crippen LogP contribution in [0.15, 0.2) is 30.6 Å². The Morgan fingerprint density at radius 1 is 1.14 bits per heavy atom. The highest BCUT2D eigenvalue weighted by molar-refractivity contribution is 5.80. The third kappa shape index (κ3) is 3.78. The van der Waals surface area contributed by atoms with Crippen LogP contribution in [-0.2, 0) is 6.54 Å². The fraction of sp³-hybridized carbons (Fsp3) is 0.312. The lowest BCUT2D eigenvalue weighted by molar-refractivity contribution is -0.696. The second-order valence-corrected chi connectivity index (χ2v) is 4.69. The van der Waals surface area contributed by atoms with Crippen LogP contribution in [-0.4, -0.2) is 21.4 Å². The molecule has 0 aromatic carbocycles. The van der Waals surface area contributed by atoms with Crippen LogP contribution in [0.25, 0.3) is 17.5 Å². The first-order valence-electron chi connectivity index (χ1n) is 7.19. The van der Waals surface area contributed by atoms with Crippen molar-refractivity contribution in [3.8, 4) is 11.4 Å². The number of aryl methyl sites for hydroxylation is 1. The summed E-state index contributed by atoms with van der Waals surface area (Å²) in [4.78, 5) is 4.41. The Morgan fingerprint density at radius 2 is 1.90 bits per heavy atom. The van der Waals surface area contributed by atoms with Gasteiger partial charge in [-0.1, -0.05) is 19.9 Å². The second kappa shape index (κ2) is 7.38. The first kappa shape index (κ1) is 15.0. The van der Waals surface area contributed by atoms with E-state index in [-0.39, 0.29) is 0 Å². The molecule has 108 valence electrons. The molecule has 0 radical (unpaired) electrons. The van der Waals surface area contributed by atoms with Crippen LogP contribution < -0.4 is 4.57 Å². The zero-order valence-corrected chi connectivity index (χ0v) is 12.5. The van der Waals surface area contributed by atoms with Gasteiger partial charge in [-0.2, -0.15) is 0 Å². The average Bonchev–Trinajstić information content (AvgIpc) is 2.54. The lowest BCUT2D eigenvalue weighted by Gasteiger charge is -2.02. The SMILES string of the molecule is CC/C=C\c1nnc(-c2cc[n+](CCC)cc2)nc1C=N. The van der Waals surface area contributed by atoms with Gasteiger partial charge in [0, 0.05) is 30.3 Å². The fourth-order valence-corrected chi connectivity index (χ4v) is 1.94. The summed E-state index contributed by atoms with van der Waals surface area (Å²) >= 11 is 0. The Bertz CT molecular complexity index is 632. The van der Waals surface area contributed by atoms with Crippen molar-refractivity contribution in [2.45, 2.75) is 33.2 Å². The van der Waals surface area contributed by atoms with Gasteiger partial charge in [-0.15, -0.1) is 10.2 Å². The molecule has 5 heteroatoms. The maximum atomic E-state index is 7.47. The molecule has 2 aromatic rings. The smallest absolute Gasteiger partial charge is 0.182 e. The van der Waals surface area contributed by atoms with E-state index in [1.807, 2.05) is 43.6 Å². The van der Waals surface area contributed by atoms with Gasteiger partial charge < -0.3 is 5.41 Å². The van der Waals surface area contributed by atoms with Crippen LogP contribution in [0, 0.1) is 5.41 Å². The number of hydrogen-bond acceptors (Lipinski definition) is 4. The molecule has 0 unspecified atom stereocenters. The second-order valence-electron chi connectivity index (χ2n) is 4.69. The summed E-state index contributed by atoms with van der Waals surface area (Å²) in [7, 11) is 0. The molecule has 0 saturated carbocycles. The third-order valence-electron chi connectivity index (χ3n) is 3.02. The van der Waals surface area contributed by atoms with Crippen LogP contribution in [0.1, 0.15) is 38.1 Å². The van der Waals surface area contributed by atoms with Crippen LogP contribution in [0.4, 0.5) is 0 Å². The highest BCUT2D eigenvalue weighted by atomic mass is 15.2. The number of aromatic nitrogens is 4. The maximum absolute atomic E-state index is 7.47. The number of hydrogen-bond donors (Lipinski definition) is 1. The Kier molecular flexibility index (Phi) is 5.26. The predicted octanol–water partition coefficient (Wildman–Crippen LogP) is 2.66. The van der Waals surface area contributed by atoms with Gasteiger partial charge >= 0.3 is 0 Å². The molecule has 2 rings (SSSR count). The quantitative estimate of drug-likeness (QED) is 0.654. The first-order chi connectivity index (χ1) is 10.3. The number of nitrogens with one attached hydrogen (secondary N) is 1. The van der Waals surface area contributed by atoms with E-state index in [4.69, 9.17) is 5.41 Å². The van der Waals surface area contributed by atoms with Crippen LogP contribution >= 0.6 is 0 Å². The molecule has 1 N–H and O–H groups in total. The summed E-state index contributed by atoms with van der Waals surface area (Å²) in [6, 6.07) is 3.95. The summed E-state index contributed by atoms with van der Waals surface area (Å²) in [6.45, 7) is 5.18. The van der Waals surface area contributed by atoms with Crippen molar-refractivity contribution < 1.29 is 4.57 Å². The van der Waals surface area contributed by atoms with E-state index < -0.39 is 0 Å². The van der Waals surface area contributed by atoms with Gasteiger partial charge in [0.05, 0.1) is 0 Å². The van der Waals surface area contributed by atoms with Gasteiger partial charge in [0.25, 0.3) is 0 Å². The molecule has 0 aliphatic carbocycles. The van der Waals surface area contributed by atoms with Gasteiger partial charge in [-0.3, -0.25) is 0 Å². The molecule has 0 amide bonds. The molecule has 0 aliphatic heterocycles. The molecule has 2 heterocycles. The van der Waals surface area contributed by atoms with E-state index in [9.17, 15) is 0 Å². The minimum atomic E-state index is 0.537. The number of rotatable bonds is 6. The van der Waals surface area contributed by atoms with Crippen molar-refractivity contribution in [1.82, 2.24) is 15.2 Å². The molecule has 0 fully saturated rings. The molecular formula is C16H20N5+. The molecule has 0 atom stereocenters. The van der Waals surface area contributed by atoms with Gasteiger partial charge in [0.1, 0.15) is 17.9 Å². The topological polar surface area (TPSA) is 66.4 Å². The fourth-order valence-electron chi connectivity index (χ4n) is 1.94. The van der Waals surface area contributed by atoms with Crippen molar-refractivity contribution in [2.75, 3.05) is 0 Å². The van der Waals surface area contributed by atoms with Crippen LogP contribution in [0.3, 0.4) is 0 Å². The van der Waals surface area contributed by atoms with Crippen molar-refractivity contribution in [1.29, 1.82) is 5.41 Å². The Labute approximate surface area is 124 Å². The maximum Gasteiger partial charge on any atom is 0.182 e. The van der Waals surface area contributed by atoms with Gasteiger partial charge in [0.2, 0.25) is 0 Å². The standard InChI is InChI=1S/C16H20N5/c1-3-5-6-14-15(12-17)18-16(20-19-14)13-7-10-21(9-4-2)11-8-13/h5-8,10-12,17H,3-4,9H2,1-2H3/q+1/b6-5-,17-12?. The van der Waals surface area contributed by atoms with E-state index in [1.165, 1.54) is 6.21 Å². The van der Waals surface area contributed by atoms with E-state index in [2.05, 4.69) is 26.7 Å². The zero-order chi connectivity index (χ0) is 15.1. The number of pyridine rings is 1. The first-order valence-corrected chi connectivity index (χ1v) is 7.19. The normalized spacial score (nSPS) is 11.0. The molecule has 0 saturated heterocycles. The highest BCUT2D eigenvalue weighted by Crippen LogP contribution is 2.13. The van der Waals surface area contributed by atoms with Crippen molar-refractivity contribution in [3.05, 3.63) is 42.0 Å². The highest BCUT2D eigenvalue weighted by Gasteiger charge is 2.08. The monoisotopic (exact) mass is 282 g/mol. The number of allylic oxidation sites excluding steroid dienone is 1. The van der Waals surface area contributed by atoms with E-state index in [1.54, 1.807) is 0 Å². The summed E-state index contributed by atoms with van der Waals surface area (Å²) in [5, 5.41) is 15.8. The predicted molar refractivity (Wildman–Crippen MR) is 83.0 cm³/mol. The van der Waals surface area contributed by atoms with Crippen LogP contribution in [0.5, 0.6) is 0 Å². The number of nitrogens with zero attached hydrogens (tertiary/aromatic N) is 4. The summed E-state index contributed by atoms with van der Waals surface area (Å²) in [5.74, 6) is 0.547. The van der Waals surface area contributed by atoms with Gasteiger partial charge in [-0.25, -0.2) is 9.55 Å². The molecule has 0 spiro atoms. The van der Waals surface area contributed by atoms with Gasteiger partial charge in [-0.05, 0) is 12.5 Å². The van der Waals surface area contributed by atoms with Gasteiger partial charge in [0.15, 0.2) is 18.2 Å². The Morgan fingerprint density at radius 3 is 2.52 bits per heavy atom. The molecule has 21 heavy (non-hydrogen) atoms. The van der Waals surface area contributed by atoms with E-state index >= 15 is 0 Å². The zero-order valence-electron chi connectivity index (χ0n) is 12.5. The molecule has 0 bridgehead atoms. The van der Waals surface area contributed by atoms with Crippen molar-refractivity contribution in [2.24, 2.45) is 0 Å². The lowest BCUT2D eigenvalue weighted by Crippen LogP contribution is -2.31. The summed E-state index contributed by atoms with van der Waals surface area (Å²) in [6.07, 6.45) is 11.1. The van der Waals surface area contributed by atoms with Crippen molar-refractivity contribution >= 4 is 12.3 Å². The lowest BCUT2D eigenvalue weighted by atomic mass is 10.2. The molecule has 5 nitrogen and oxygen atoms in total. The van der Waals surface area contributed by atoms with E-state index in [0.717, 1.165) is 24.9 Å². The largest absolute Gasteiger partial charge is 0.306 e. The third-order valence-corrected chi connectivity index (χ3v) is 3.02. The van der Waals surface area contributed by atoms with Crippen molar-refractivity contribution in [3.63, 3.8) is 0 Å². The molecular weight excluding hydrogens is 262 g/mol. The molecule has 0 aliphatic rings. The minimum absolute atomic E-state index is 0.537. The minimum Gasteiger partial charge on any atom is -0.306 e. The average molecular weight is 282 g/mol. The summed E-state index contributed by atoms with van der Waals surface area (Å²) in [5.41, 5.74) is 2.08. The Hall–Kier alpha value is -2.43. The molecule has 2 aromatic heterocycles. The Balaban J connectivity index is 2.31.